The van der Waals surface area contributed by atoms with E-state index in [1.165, 1.54) is 5.56 Å². The van der Waals surface area contributed by atoms with Gasteiger partial charge in [0.1, 0.15) is 6.10 Å². The Morgan fingerprint density at radius 1 is 1.20 bits per heavy atom. The van der Waals surface area contributed by atoms with E-state index >= 15 is 0 Å². The van der Waals surface area contributed by atoms with Gasteiger partial charge in [0.15, 0.2) is 0 Å². The third kappa shape index (κ3) is 2.28. The lowest BCUT2D eigenvalue weighted by molar-refractivity contribution is 0.224. The Balaban J connectivity index is 2.22. The second kappa shape index (κ2) is 4.60. The number of aliphatic hydroxyl groups is 1. The molecule has 0 amide bonds. The van der Waals surface area contributed by atoms with Crippen molar-refractivity contribution in [1.82, 2.24) is 0 Å². The lowest BCUT2D eigenvalue weighted by Crippen LogP contribution is -1.96. The summed E-state index contributed by atoms with van der Waals surface area (Å²) in [7, 11) is 0. The van der Waals surface area contributed by atoms with E-state index in [1.807, 2.05) is 29.6 Å². The van der Waals surface area contributed by atoms with Gasteiger partial charge in [-0.25, -0.2) is 0 Å². The maximum Gasteiger partial charge on any atom is 0.113 e. The fourth-order valence-electron chi connectivity index (χ4n) is 1.55. The van der Waals surface area contributed by atoms with Crippen molar-refractivity contribution >= 4 is 11.3 Å². The number of rotatable bonds is 3. The van der Waals surface area contributed by atoms with E-state index in [9.17, 15) is 5.11 Å². The predicted molar refractivity (Wildman–Crippen MR) is 64.2 cm³/mol. The van der Waals surface area contributed by atoms with Gasteiger partial charge in [0.05, 0.1) is 0 Å². The van der Waals surface area contributed by atoms with Gasteiger partial charge >= 0.3 is 0 Å². The highest BCUT2D eigenvalue weighted by Gasteiger charge is 2.10. The minimum absolute atomic E-state index is 0.476. The summed E-state index contributed by atoms with van der Waals surface area (Å²) in [6.07, 6.45) is 0.561. The van der Waals surface area contributed by atoms with Crippen LogP contribution in [0.4, 0.5) is 0 Å². The molecule has 0 aliphatic rings. The average molecular weight is 218 g/mol. The van der Waals surface area contributed by atoms with E-state index < -0.39 is 6.10 Å². The van der Waals surface area contributed by atoms with Gasteiger partial charge in [0.25, 0.3) is 0 Å². The Morgan fingerprint density at radius 3 is 2.47 bits per heavy atom. The van der Waals surface area contributed by atoms with Crippen molar-refractivity contribution in [2.24, 2.45) is 0 Å². The topological polar surface area (TPSA) is 20.2 Å². The van der Waals surface area contributed by atoms with Crippen molar-refractivity contribution < 1.29 is 5.11 Å². The lowest BCUT2D eigenvalue weighted by Gasteiger charge is -2.09. The highest BCUT2D eigenvalue weighted by Crippen LogP contribution is 2.25. The quantitative estimate of drug-likeness (QED) is 0.837. The van der Waals surface area contributed by atoms with Crippen LogP contribution in [0, 0.1) is 0 Å². The molecule has 1 atom stereocenters. The van der Waals surface area contributed by atoms with Gasteiger partial charge < -0.3 is 5.11 Å². The first-order valence-corrected chi connectivity index (χ1v) is 5.99. The van der Waals surface area contributed by atoms with Crippen molar-refractivity contribution in [2.75, 3.05) is 0 Å². The number of aryl methyl sites for hydroxylation is 1. The Kier molecular flexibility index (Phi) is 3.19. The van der Waals surface area contributed by atoms with E-state index in [4.69, 9.17) is 0 Å². The summed E-state index contributed by atoms with van der Waals surface area (Å²) in [5.41, 5.74) is 2.27. The van der Waals surface area contributed by atoms with Crippen molar-refractivity contribution in [1.29, 1.82) is 0 Å². The molecule has 0 spiro atoms. The molecule has 15 heavy (non-hydrogen) atoms. The molecule has 2 rings (SSSR count). The summed E-state index contributed by atoms with van der Waals surface area (Å²) >= 11 is 1.59. The van der Waals surface area contributed by atoms with Gasteiger partial charge in [0, 0.05) is 4.88 Å². The number of hydrogen-bond donors (Lipinski definition) is 1. The zero-order valence-electron chi connectivity index (χ0n) is 8.68. The molecule has 1 aromatic carbocycles. The van der Waals surface area contributed by atoms with Gasteiger partial charge in [-0.05, 0) is 29.0 Å². The fraction of sp³-hybridized carbons (Fsp3) is 0.231. The molecule has 1 nitrogen and oxygen atoms in total. The molecule has 0 saturated carbocycles. The molecular weight excluding hydrogens is 204 g/mol. The van der Waals surface area contributed by atoms with Crippen LogP contribution in [0.15, 0.2) is 41.8 Å². The van der Waals surface area contributed by atoms with Crippen molar-refractivity contribution in [3.8, 4) is 0 Å². The molecule has 0 fully saturated rings. The molecule has 2 aromatic rings. The second-order valence-corrected chi connectivity index (χ2v) is 4.49. The molecule has 1 heterocycles. The van der Waals surface area contributed by atoms with Gasteiger partial charge in [-0.3, -0.25) is 0 Å². The van der Waals surface area contributed by atoms with E-state index in [1.54, 1.807) is 11.3 Å². The Bertz CT molecular complexity index is 403. The summed E-state index contributed by atoms with van der Waals surface area (Å²) < 4.78 is 0. The zero-order chi connectivity index (χ0) is 10.7. The summed E-state index contributed by atoms with van der Waals surface area (Å²) in [6.45, 7) is 2.13. The van der Waals surface area contributed by atoms with Crippen molar-refractivity contribution in [2.45, 2.75) is 19.4 Å². The highest BCUT2D eigenvalue weighted by molar-refractivity contribution is 7.10. The maximum absolute atomic E-state index is 10.1. The monoisotopic (exact) mass is 218 g/mol. The first-order valence-electron chi connectivity index (χ1n) is 5.11. The van der Waals surface area contributed by atoms with Crippen molar-refractivity contribution in [3.63, 3.8) is 0 Å². The van der Waals surface area contributed by atoms with Gasteiger partial charge in [-0.2, -0.15) is 0 Å². The number of benzene rings is 1. The van der Waals surface area contributed by atoms with Crippen LogP contribution in [0.5, 0.6) is 0 Å². The van der Waals surface area contributed by atoms with Crippen LogP contribution in [0.25, 0.3) is 0 Å². The van der Waals surface area contributed by atoms with Crippen LogP contribution < -0.4 is 0 Å². The van der Waals surface area contributed by atoms with Crippen LogP contribution in [0.2, 0.25) is 0 Å². The van der Waals surface area contributed by atoms with Crippen LogP contribution >= 0.6 is 11.3 Å². The first kappa shape index (κ1) is 10.4. The summed E-state index contributed by atoms with van der Waals surface area (Å²) in [4.78, 5) is 0.999. The van der Waals surface area contributed by atoms with E-state index in [-0.39, 0.29) is 0 Å². The molecular formula is C13H14OS. The third-order valence-corrected chi connectivity index (χ3v) is 3.44. The zero-order valence-corrected chi connectivity index (χ0v) is 9.50. The normalized spacial score (nSPS) is 12.7. The first-order chi connectivity index (χ1) is 7.31. The molecule has 0 aliphatic heterocycles. The third-order valence-electron chi connectivity index (χ3n) is 2.52. The number of hydrogen-bond acceptors (Lipinski definition) is 2. The maximum atomic E-state index is 10.1. The summed E-state index contributed by atoms with van der Waals surface area (Å²) in [5, 5.41) is 12.0. The van der Waals surface area contributed by atoms with Gasteiger partial charge in [-0.1, -0.05) is 37.3 Å². The minimum atomic E-state index is -0.476. The summed E-state index contributed by atoms with van der Waals surface area (Å²) in [5.74, 6) is 0. The van der Waals surface area contributed by atoms with Crippen molar-refractivity contribution in [3.05, 3.63) is 57.8 Å². The number of thiophene rings is 1. The smallest absolute Gasteiger partial charge is 0.113 e. The minimum Gasteiger partial charge on any atom is -0.383 e. The molecule has 0 saturated heterocycles. The van der Waals surface area contributed by atoms with E-state index in [2.05, 4.69) is 19.1 Å². The average Bonchev–Trinajstić information content (AvgIpc) is 2.82. The highest BCUT2D eigenvalue weighted by atomic mass is 32.1. The number of aliphatic hydroxyl groups excluding tert-OH is 1. The molecule has 78 valence electrons. The lowest BCUT2D eigenvalue weighted by atomic mass is 10.0. The van der Waals surface area contributed by atoms with Crippen LogP contribution in [0.1, 0.15) is 29.0 Å². The Labute approximate surface area is 94.0 Å². The molecule has 0 aliphatic carbocycles. The SMILES string of the molecule is CCc1ccc(C(O)c2cccs2)cc1. The van der Waals surface area contributed by atoms with Gasteiger partial charge in [-0.15, -0.1) is 11.3 Å². The Morgan fingerprint density at radius 2 is 1.93 bits per heavy atom. The predicted octanol–water partition coefficient (Wildman–Crippen LogP) is 3.39. The molecule has 0 bridgehead atoms. The molecule has 0 radical (unpaired) electrons. The van der Waals surface area contributed by atoms with E-state index in [0.29, 0.717) is 0 Å². The largest absolute Gasteiger partial charge is 0.383 e. The Hall–Kier alpha value is -1.12. The van der Waals surface area contributed by atoms with Crippen LogP contribution in [-0.4, -0.2) is 5.11 Å². The standard InChI is InChI=1S/C13H14OS/c1-2-10-5-7-11(8-6-10)13(14)12-4-3-9-15-12/h3-9,13-14H,2H2,1H3. The van der Waals surface area contributed by atoms with Gasteiger partial charge in [0.2, 0.25) is 0 Å². The molecule has 1 unspecified atom stereocenters. The molecule has 2 heteroatoms. The second-order valence-electron chi connectivity index (χ2n) is 3.51. The molecule has 1 N–H and O–H groups in total. The van der Waals surface area contributed by atoms with E-state index in [0.717, 1.165) is 16.9 Å². The fourth-order valence-corrected chi connectivity index (χ4v) is 2.28. The van der Waals surface area contributed by atoms with Crippen LogP contribution in [0.3, 0.4) is 0 Å². The molecule has 1 aromatic heterocycles. The summed E-state index contributed by atoms with van der Waals surface area (Å²) in [6, 6.07) is 12.1. The van der Waals surface area contributed by atoms with Crippen LogP contribution in [-0.2, 0) is 6.42 Å².